The summed E-state index contributed by atoms with van der Waals surface area (Å²) >= 11 is 0. The number of ketones is 1. The van der Waals surface area contributed by atoms with Crippen LogP contribution in [0.1, 0.15) is 34.7 Å². The molecule has 32 heavy (non-hydrogen) atoms. The van der Waals surface area contributed by atoms with Gasteiger partial charge in [-0.15, -0.1) is 0 Å². The van der Waals surface area contributed by atoms with E-state index in [0.717, 1.165) is 17.7 Å². The zero-order valence-electron chi connectivity index (χ0n) is 19.2. The number of hydrogen-bond donors (Lipinski definition) is 2. The molecule has 2 N–H and O–H groups in total. The molecule has 0 aliphatic carbocycles. The van der Waals surface area contributed by atoms with Crippen LogP contribution in [0.5, 0.6) is 11.5 Å². The Balaban J connectivity index is 2.20. The SMILES string of the molecule is COc1ccccc1[C@H]1C(=C(O)c2cc(C)c(C)cc2O)C(=O)C(=O)N1CCCN(C)C. The third-order valence-corrected chi connectivity index (χ3v) is 5.84. The van der Waals surface area contributed by atoms with Crippen molar-refractivity contribution in [1.82, 2.24) is 9.80 Å². The van der Waals surface area contributed by atoms with Crippen molar-refractivity contribution in [2.45, 2.75) is 26.3 Å². The van der Waals surface area contributed by atoms with Crippen LogP contribution in [0.3, 0.4) is 0 Å². The van der Waals surface area contributed by atoms with Crippen LogP contribution in [-0.4, -0.2) is 66.0 Å². The van der Waals surface area contributed by atoms with Crippen molar-refractivity contribution >= 4 is 17.4 Å². The number of methoxy groups -OCH3 is 1. The number of aliphatic hydroxyl groups excluding tert-OH is 1. The highest BCUT2D eigenvalue weighted by Crippen LogP contribution is 2.43. The number of carbonyl (C=O) groups is 2. The number of aryl methyl sites for hydroxylation is 2. The standard InChI is InChI=1S/C25H30N2O5/c1-15-13-18(19(28)14-16(15)2)23(29)21-22(17-9-6-7-10-20(17)32-5)27(25(31)24(21)30)12-8-11-26(3)4/h6-7,9-10,13-14,22,28-29H,8,11-12H2,1-5H3/t22-/m0/s1. The Hall–Kier alpha value is -3.32. The first kappa shape index (κ1) is 23.3. The van der Waals surface area contributed by atoms with E-state index in [0.29, 0.717) is 24.3 Å². The summed E-state index contributed by atoms with van der Waals surface area (Å²) in [6.45, 7) is 4.77. The first-order valence-corrected chi connectivity index (χ1v) is 10.5. The molecular formula is C25H30N2O5. The fraction of sp³-hybridized carbons (Fsp3) is 0.360. The molecule has 1 amide bonds. The molecule has 1 heterocycles. The first-order chi connectivity index (χ1) is 15.2. The van der Waals surface area contributed by atoms with Crippen LogP contribution in [0.2, 0.25) is 0 Å². The Kier molecular flexibility index (Phi) is 6.89. The summed E-state index contributed by atoms with van der Waals surface area (Å²) in [5.74, 6) is -1.49. The van der Waals surface area contributed by atoms with Crippen LogP contribution in [-0.2, 0) is 9.59 Å². The van der Waals surface area contributed by atoms with Gasteiger partial charge in [0.15, 0.2) is 0 Å². The second-order valence-corrected chi connectivity index (χ2v) is 8.34. The van der Waals surface area contributed by atoms with Crippen LogP contribution in [0.15, 0.2) is 42.0 Å². The van der Waals surface area contributed by atoms with Crippen molar-refractivity contribution in [2.75, 3.05) is 34.3 Å². The maximum absolute atomic E-state index is 13.1. The van der Waals surface area contributed by atoms with Gasteiger partial charge in [-0.25, -0.2) is 0 Å². The second-order valence-electron chi connectivity index (χ2n) is 8.34. The number of aromatic hydroxyl groups is 1. The van der Waals surface area contributed by atoms with E-state index in [-0.39, 0.29) is 16.9 Å². The highest BCUT2D eigenvalue weighted by Gasteiger charge is 2.47. The molecule has 0 saturated carbocycles. The van der Waals surface area contributed by atoms with Gasteiger partial charge in [0.25, 0.3) is 11.7 Å². The molecule has 1 fully saturated rings. The zero-order chi connectivity index (χ0) is 23.6. The Labute approximate surface area is 188 Å². The van der Waals surface area contributed by atoms with E-state index in [4.69, 9.17) is 4.74 Å². The first-order valence-electron chi connectivity index (χ1n) is 10.5. The molecule has 0 aromatic heterocycles. The van der Waals surface area contributed by atoms with Crippen molar-refractivity contribution < 1.29 is 24.5 Å². The molecule has 7 heteroatoms. The van der Waals surface area contributed by atoms with Gasteiger partial charge in [-0.2, -0.15) is 0 Å². The molecule has 1 aliphatic heterocycles. The van der Waals surface area contributed by atoms with Crippen molar-refractivity contribution in [3.63, 3.8) is 0 Å². The molecule has 2 aromatic carbocycles. The Bertz CT molecular complexity index is 1070. The average Bonchev–Trinajstić information content (AvgIpc) is 3.00. The highest BCUT2D eigenvalue weighted by molar-refractivity contribution is 6.46. The summed E-state index contributed by atoms with van der Waals surface area (Å²) in [7, 11) is 5.40. The molecule has 3 rings (SSSR count). The van der Waals surface area contributed by atoms with Gasteiger partial charge in [0, 0.05) is 12.1 Å². The van der Waals surface area contributed by atoms with Crippen LogP contribution < -0.4 is 4.74 Å². The number of phenols is 1. The summed E-state index contributed by atoms with van der Waals surface area (Å²) < 4.78 is 5.50. The molecule has 0 bridgehead atoms. The zero-order valence-corrected chi connectivity index (χ0v) is 19.2. The number of amides is 1. The molecule has 0 radical (unpaired) electrons. The Morgan fingerprint density at radius 2 is 1.78 bits per heavy atom. The quantitative estimate of drug-likeness (QED) is 0.391. The summed E-state index contributed by atoms with van der Waals surface area (Å²) in [6.07, 6.45) is 0.653. The number of aliphatic hydroxyl groups is 1. The van der Waals surface area contributed by atoms with E-state index >= 15 is 0 Å². The minimum Gasteiger partial charge on any atom is -0.507 e. The average molecular weight is 439 g/mol. The lowest BCUT2D eigenvalue weighted by Crippen LogP contribution is -2.32. The van der Waals surface area contributed by atoms with Crippen LogP contribution in [0.25, 0.3) is 5.76 Å². The largest absolute Gasteiger partial charge is 0.507 e. The van der Waals surface area contributed by atoms with Crippen LogP contribution in [0, 0.1) is 13.8 Å². The third-order valence-electron chi connectivity index (χ3n) is 5.84. The predicted molar refractivity (Wildman–Crippen MR) is 123 cm³/mol. The molecule has 170 valence electrons. The van der Waals surface area contributed by atoms with Gasteiger partial charge in [0.2, 0.25) is 0 Å². The minimum absolute atomic E-state index is 0.0529. The summed E-state index contributed by atoms with van der Waals surface area (Å²) in [5.41, 5.74) is 2.37. The number of para-hydroxylation sites is 1. The van der Waals surface area contributed by atoms with Crippen molar-refractivity contribution in [1.29, 1.82) is 0 Å². The van der Waals surface area contributed by atoms with E-state index in [1.165, 1.54) is 18.1 Å². The Morgan fingerprint density at radius 1 is 1.12 bits per heavy atom. The molecule has 1 saturated heterocycles. The number of Topliss-reactive ketones (excluding diaryl/α,β-unsaturated/α-hetero) is 1. The van der Waals surface area contributed by atoms with Crippen molar-refractivity contribution in [2.24, 2.45) is 0 Å². The molecular weight excluding hydrogens is 408 g/mol. The number of benzene rings is 2. The monoisotopic (exact) mass is 438 g/mol. The lowest BCUT2D eigenvalue weighted by atomic mass is 9.93. The van der Waals surface area contributed by atoms with Crippen LogP contribution in [0.4, 0.5) is 0 Å². The van der Waals surface area contributed by atoms with Gasteiger partial charge in [-0.1, -0.05) is 18.2 Å². The van der Waals surface area contributed by atoms with Gasteiger partial charge in [0.05, 0.1) is 24.3 Å². The molecule has 0 spiro atoms. The predicted octanol–water partition coefficient (Wildman–Crippen LogP) is 3.39. The molecule has 1 aliphatic rings. The van der Waals surface area contributed by atoms with E-state index in [1.54, 1.807) is 30.3 Å². The van der Waals surface area contributed by atoms with E-state index in [9.17, 15) is 19.8 Å². The van der Waals surface area contributed by atoms with Gasteiger partial charge >= 0.3 is 0 Å². The number of ether oxygens (including phenoxy) is 1. The van der Waals surface area contributed by atoms with Crippen molar-refractivity contribution in [3.05, 3.63) is 64.2 Å². The van der Waals surface area contributed by atoms with Gasteiger partial charge < -0.3 is 24.7 Å². The number of carbonyl (C=O) groups excluding carboxylic acids is 2. The summed E-state index contributed by atoms with van der Waals surface area (Å²) in [4.78, 5) is 29.6. The van der Waals surface area contributed by atoms with Crippen LogP contribution >= 0.6 is 0 Å². The maximum Gasteiger partial charge on any atom is 0.295 e. The highest BCUT2D eigenvalue weighted by atomic mass is 16.5. The normalized spacial score (nSPS) is 17.9. The maximum atomic E-state index is 13.1. The Morgan fingerprint density at radius 3 is 2.44 bits per heavy atom. The van der Waals surface area contributed by atoms with E-state index in [1.807, 2.05) is 32.8 Å². The third kappa shape index (κ3) is 4.34. The molecule has 7 nitrogen and oxygen atoms in total. The second kappa shape index (κ2) is 9.44. The fourth-order valence-corrected chi connectivity index (χ4v) is 4.02. The van der Waals surface area contributed by atoms with Crippen molar-refractivity contribution in [3.8, 4) is 11.5 Å². The van der Waals surface area contributed by atoms with Gasteiger partial charge in [-0.05, 0) is 70.2 Å². The molecule has 1 atom stereocenters. The summed E-state index contributed by atoms with van der Waals surface area (Å²) in [6, 6.07) is 9.47. The van der Waals surface area contributed by atoms with Gasteiger partial charge in [-0.3, -0.25) is 9.59 Å². The smallest absolute Gasteiger partial charge is 0.295 e. The molecule has 0 unspecified atom stereocenters. The lowest BCUT2D eigenvalue weighted by Gasteiger charge is -2.27. The summed E-state index contributed by atoms with van der Waals surface area (Å²) in [5, 5.41) is 21.7. The topological polar surface area (TPSA) is 90.3 Å². The number of phenolic OH excluding ortho intramolecular Hbond substituents is 1. The molecule has 2 aromatic rings. The van der Waals surface area contributed by atoms with Gasteiger partial charge in [0.1, 0.15) is 17.3 Å². The van der Waals surface area contributed by atoms with E-state index < -0.39 is 23.5 Å². The number of rotatable bonds is 7. The number of hydrogen-bond acceptors (Lipinski definition) is 6. The minimum atomic E-state index is -0.825. The fourth-order valence-electron chi connectivity index (χ4n) is 4.02. The number of nitrogens with zero attached hydrogens (tertiary/aromatic N) is 2. The lowest BCUT2D eigenvalue weighted by molar-refractivity contribution is -0.140. The number of likely N-dealkylation sites (tertiary alicyclic amines) is 1. The van der Waals surface area contributed by atoms with E-state index in [2.05, 4.69) is 0 Å².